The maximum absolute atomic E-state index is 6.21. The van der Waals surface area contributed by atoms with E-state index in [9.17, 15) is 0 Å². The average molecular weight is 507 g/mol. The standard InChI is InChI=1S/C25H23BrN4O3/c1-25(2)32-19-13-31-24(21(19)33-25)30-12-18(15-6-4-3-5-7-15)20-22(27-14-28-23(20)30)29-17-10-8-16(26)9-11-17/h3-12,14,19,21,24H,13H2,1-2H3,(H,27,28,29)/t19-,21-,24-/m1/s1. The highest BCUT2D eigenvalue weighted by Gasteiger charge is 2.51. The van der Waals surface area contributed by atoms with Crippen molar-refractivity contribution in [3.8, 4) is 11.1 Å². The molecule has 0 bridgehead atoms. The molecule has 1 N–H and O–H groups in total. The highest BCUT2D eigenvalue weighted by atomic mass is 79.9. The number of fused-ring (bicyclic) bond motifs is 2. The Morgan fingerprint density at radius 1 is 1.03 bits per heavy atom. The summed E-state index contributed by atoms with van der Waals surface area (Å²) in [4.78, 5) is 9.26. The number of halogens is 1. The van der Waals surface area contributed by atoms with Crippen molar-refractivity contribution in [2.24, 2.45) is 0 Å². The van der Waals surface area contributed by atoms with Crippen LogP contribution in [0.5, 0.6) is 0 Å². The number of aromatic nitrogens is 3. The van der Waals surface area contributed by atoms with Crippen LogP contribution in [0.2, 0.25) is 0 Å². The summed E-state index contributed by atoms with van der Waals surface area (Å²) in [5, 5.41) is 4.39. The molecule has 168 valence electrons. The molecule has 2 aromatic heterocycles. The van der Waals surface area contributed by atoms with Gasteiger partial charge in [0.15, 0.2) is 12.0 Å². The molecule has 0 spiro atoms. The van der Waals surface area contributed by atoms with Gasteiger partial charge in [-0.2, -0.15) is 0 Å². The number of ether oxygens (including phenoxy) is 3. The van der Waals surface area contributed by atoms with E-state index in [0.717, 1.165) is 38.1 Å². The van der Waals surface area contributed by atoms with Gasteiger partial charge in [-0.05, 0) is 43.7 Å². The smallest absolute Gasteiger partial charge is 0.164 e. The van der Waals surface area contributed by atoms with Crippen LogP contribution in [0.25, 0.3) is 22.2 Å². The largest absolute Gasteiger partial charge is 0.352 e. The molecule has 7 nitrogen and oxygen atoms in total. The van der Waals surface area contributed by atoms with Crippen LogP contribution in [0, 0.1) is 0 Å². The lowest BCUT2D eigenvalue weighted by atomic mass is 10.1. The zero-order chi connectivity index (χ0) is 22.6. The van der Waals surface area contributed by atoms with E-state index >= 15 is 0 Å². The molecule has 0 unspecified atom stereocenters. The molecule has 3 atom stereocenters. The molecule has 0 aliphatic carbocycles. The molecule has 4 aromatic rings. The number of hydrogen-bond donors (Lipinski definition) is 1. The summed E-state index contributed by atoms with van der Waals surface area (Å²) in [6.45, 7) is 4.36. The third kappa shape index (κ3) is 3.73. The second-order valence-electron chi connectivity index (χ2n) is 8.73. The summed E-state index contributed by atoms with van der Waals surface area (Å²) in [7, 11) is 0. The van der Waals surface area contributed by atoms with E-state index in [1.807, 2.05) is 56.3 Å². The van der Waals surface area contributed by atoms with Gasteiger partial charge in [0, 0.05) is 21.9 Å². The minimum atomic E-state index is -0.633. The topological polar surface area (TPSA) is 70.4 Å². The summed E-state index contributed by atoms with van der Waals surface area (Å²) >= 11 is 3.49. The minimum absolute atomic E-state index is 0.107. The van der Waals surface area contributed by atoms with Gasteiger partial charge in [0.2, 0.25) is 0 Å². The highest BCUT2D eigenvalue weighted by molar-refractivity contribution is 9.10. The molecule has 6 rings (SSSR count). The van der Waals surface area contributed by atoms with Crippen molar-refractivity contribution < 1.29 is 14.2 Å². The van der Waals surface area contributed by atoms with Gasteiger partial charge in [-0.15, -0.1) is 0 Å². The Balaban J connectivity index is 1.50. The zero-order valence-corrected chi connectivity index (χ0v) is 19.8. The molecular weight excluding hydrogens is 484 g/mol. The van der Waals surface area contributed by atoms with Crippen molar-refractivity contribution >= 4 is 38.5 Å². The molecule has 0 saturated carbocycles. The zero-order valence-electron chi connectivity index (χ0n) is 18.2. The Kier molecular flexibility index (Phi) is 4.99. The monoisotopic (exact) mass is 506 g/mol. The summed E-state index contributed by atoms with van der Waals surface area (Å²) in [5.41, 5.74) is 3.82. The fourth-order valence-corrected chi connectivity index (χ4v) is 4.91. The Morgan fingerprint density at radius 2 is 1.82 bits per heavy atom. The van der Waals surface area contributed by atoms with Gasteiger partial charge >= 0.3 is 0 Å². The van der Waals surface area contributed by atoms with Crippen molar-refractivity contribution in [1.82, 2.24) is 14.5 Å². The number of benzene rings is 2. The number of nitrogens with one attached hydrogen (secondary N) is 1. The average Bonchev–Trinajstić information content (AvgIpc) is 3.46. The first-order valence-electron chi connectivity index (χ1n) is 10.9. The van der Waals surface area contributed by atoms with Gasteiger partial charge in [0.05, 0.1) is 12.0 Å². The lowest BCUT2D eigenvalue weighted by Gasteiger charge is -2.23. The van der Waals surface area contributed by atoms with Gasteiger partial charge in [-0.3, -0.25) is 0 Å². The van der Waals surface area contributed by atoms with E-state index in [1.54, 1.807) is 6.33 Å². The molecule has 4 heterocycles. The van der Waals surface area contributed by atoms with Crippen molar-refractivity contribution in [1.29, 1.82) is 0 Å². The van der Waals surface area contributed by atoms with E-state index in [-0.39, 0.29) is 18.4 Å². The predicted molar refractivity (Wildman–Crippen MR) is 129 cm³/mol. The fourth-order valence-electron chi connectivity index (χ4n) is 4.64. The van der Waals surface area contributed by atoms with Crippen molar-refractivity contribution in [3.63, 3.8) is 0 Å². The van der Waals surface area contributed by atoms with Crippen molar-refractivity contribution in [2.45, 2.75) is 38.1 Å². The maximum Gasteiger partial charge on any atom is 0.164 e. The predicted octanol–water partition coefficient (Wildman–Crippen LogP) is 5.65. The molecule has 2 aliphatic heterocycles. The highest BCUT2D eigenvalue weighted by Crippen LogP contribution is 2.43. The lowest BCUT2D eigenvalue weighted by Crippen LogP contribution is -2.27. The fraction of sp³-hybridized carbons (Fsp3) is 0.280. The van der Waals surface area contributed by atoms with Gasteiger partial charge < -0.3 is 24.1 Å². The molecule has 2 aromatic carbocycles. The van der Waals surface area contributed by atoms with Crippen LogP contribution in [0.3, 0.4) is 0 Å². The Labute approximate surface area is 199 Å². The lowest BCUT2D eigenvalue weighted by molar-refractivity contribution is -0.183. The quantitative estimate of drug-likeness (QED) is 0.385. The minimum Gasteiger partial charge on any atom is -0.352 e. The van der Waals surface area contributed by atoms with E-state index in [4.69, 9.17) is 14.2 Å². The first-order valence-corrected chi connectivity index (χ1v) is 11.7. The second-order valence-corrected chi connectivity index (χ2v) is 9.65. The van der Waals surface area contributed by atoms with Crippen LogP contribution in [0.15, 0.2) is 71.6 Å². The van der Waals surface area contributed by atoms with Crippen LogP contribution in [-0.2, 0) is 14.2 Å². The number of rotatable bonds is 4. The summed E-state index contributed by atoms with van der Waals surface area (Å²) in [5.74, 6) is 0.102. The van der Waals surface area contributed by atoms with Crippen LogP contribution in [0.1, 0.15) is 20.1 Å². The molecule has 8 heteroatoms. The first kappa shape index (κ1) is 20.8. The third-order valence-corrected chi connectivity index (χ3v) is 6.54. The summed E-state index contributed by atoms with van der Waals surface area (Å²) in [6, 6.07) is 18.3. The molecule has 0 radical (unpaired) electrons. The molecule has 2 aliphatic rings. The van der Waals surface area contributed by atoms with Gasteiger partial charge in [-0.1, -0.05) is 46.3 Å². The van der Waals surface area contributed by atoms with Crippen LogP contribution >= 0.6 is 15.9 Å². The van der Waals surface area contributed by atoms with Crippen LogP contribution in [0.4, 0.5) is 11.5 Å². The Bertz CT molecular complexity index is 1310. The maximum atomic E-state index is 6.21. The Morgan fingerprint density at radius 3 is 2.61 bits per heavy atom. The first-order chi connectivity index (χ1) is 16.0. The van der Waals surface area contributed by atoms with Gasteiger partial charge in [0.25, 0.3) is 0 Å². The molecule has 33 heavy (non-hydrogen) atoms. The molecule has 0 amide bonds. The second kappa shape index (κ2) is 7.92. The van der Waals surface area contributed by atoms with Crippen molar-refractivity contribution in [3.05, 3.63) is 71.6 Å². The molecule has 2 fully saturated rings. The van der Waals surface area contributed by atoms with E-state index < -0.39 is 5.79 Å². The Hall–Kier alpha value is -2.78. The number of hydrogen-bond acceptors (Lipinski definition) is 6. The number of anilines is 2. The van der Waals surface area contributed by atoms with E-state index in [1.165, 1.54) is 0 Å². The van der Waals surface area contributed by atoms with E-state index in [2.05, 4.69) is 54.1 Å². The van der Waals surface area contributed by atoms with E-state index in [0.29, 0.717) is 6.61 Å². The van der Waals surface area contributed by atoms with Crippen LogP contribution < -0.4 is 5.32 Å². The van der Waals surface area contributed by atoms with Gasteiger partial charge in [0.1, 0.15) is 30.0 Å². The number of nitrogens with zero attached hydrogens (tertiary/aromatic N) is 3. The molecule has 2 saturated heterocycles. The van der Waals surface area contributed by atoms with Crippen molar-refractivity contribution in [2.75, 3.05) is 11.9 Å². The normalized spacial score (nSPS) is 23.7. The van der Waals surface area contributed by atoms with Crippen LogP contribution in [-0.4, -0.2) is 39.1 Å². The third-order valence-electron chi connectivity index (χ3n) is 6.01. The SMILES string of the molecule is CC1(C)O[C@H]2[C@H](n3cc(-c4ccccc4)c4c(Nc5ccc(Br)cc5)ncnc43)OC[C@H]2O1. The van der Waals surface area contributed by atoms with Gasteiger partial charge in [-0.25, -0.2) is 9.97 Å². The summed E-state index contributed by atoms with van der Waals surface area (Å²) < 4.78 is 21.5. The summed E-state index contributed by atoms with van der Waals surface area (Å²) in [6.07, 6.45) is 3.01. The molecular formula is C25H23BrN4O3.